The first-order valence-corrected chi connectivity index (χ1v) is 13.7. The van der Waals surface area contributed by atoms with Crippen LogP contribution in [-0.2, 0) is 18.9 Å². The summed E-state index contributed by atoms with van der Waals surface area (Å²) in [5.41, 5.74) is 16.7. The van der Waals surface area contributed by atoms with E-state index in [9.17, 15) is 33.6 Å². The molecule has 2 heterocycles. The number of nitrogens with two attached hydrogens (primary N) is 3. The first kappa shape index (κ1) is 34.3. The number of hydrogen-bond acceptors (Lipinski definition) is 13. The van der Waals surface area contributed by atoms with Crippen molar-refractivity contribution in [2.75, 3.05) is 33.4 Å². The van der Waals surface area contributed by atoms with Gasteiger partial charge >= 0.3 is 0 Å². The van der Waals surface area contributed by atoms with Crippen LogP contribution in [0.3, 0.4) is 0 Å². The summed E-state index contributed by atoms with van der Waals surface area (Å²) < 4.78 is 62.1. The van der Waals surface area contributed by atoms with Gasteiger partial charge in [-0.25, -0.2) is 13.2 Å². The van der Waals surface area contributed by atoms with Crippen molar-refractivity contribution in [1.29, 1.82) is 0 Å². The molecule has 0 radical (unpaired) electrons. The summed E-state index contributed by atoms with van der Waals surface area (Å²) >= 11 is 0. The molecule has 0 bridgehead atoms. The van der Waals surface area contributed by atoms with Gasteiger partial charge in [-0.2, -0.15) is 0 Å². The zero-order valence-corrected chi connectivity index (χ0v) is 23.2. The van der Waals surface area contributed by atoms with Crippen molar-refractivity contribution in [2.24, 2.45) is 22.2 Å². The van der Waals surface area contributed by atoms with Crippen LogP contribution in [0.5, 0.6) is 0 Å². The third kappa shape index (κ3) is 8.45. The van der Waals surface area contributed by atoms with Crippen LogP contribution in [0.1, 0.15) is 26.2 Å². The lowest BCUT2D eigenvalue weighted by Gasteiger charge is -2.48. The van der Waals surface area contributed by atoms with E-state index < -0.39 is 91.8 Å². The SMILES string of the molecule is CN[C@@H]1[C@@H](O)[C@@H](O[C@@H]2[C@@H](O)[C@H](O[C@H]3O[C@H](CNCCF)CC[C@H]3N)[C@@H](N)C[C@H]2N=C(N)C(O)C(F)F)OC[C@]1(C)O. The van der Waals surface area contributed by atoms with E-state index in [0.29, 0.717) is 19.4 Å². The second-order valence-corrected chi connectivity index (χ2v) is 11.0. The number of halogens is 3. The minimum Gasteiger partial charge on any atom is -0.388 e. The first-order valence-electron chi connectivity index (χ1n) is 13.7. The van der Waals surface area contributed by atoms with E-state index in [2.05, 4.69) is 15.6 Å². The Hall–Kier alpha value is -1.22. The molecule has 0 aromatic heterocycles. The van der Waals surface area contributed by atoms with Crippen molar-refractivity contribution in [3.8, 4) is 0 Å². The van der Waals surface area contributed by atoms with Gasteiger partial charge in [-0.15, -0.1) is 0 Å². The highest BCUT2D eigenvalue weighted by atomic mass is 19.3. The Morgan fingerprint density at radius 2 is 1.80 bits per heavy atom. The molecule has 2 saturated heterocycles. The lowest BCUT2D eigenvalue weighted by molar-refractivity contribution is -0.306. The Morgan fingerprint density at radius 3 is 2.44 bits per heavy atom. The first-order chi connectivity index (χ1) is 19.3. The zero-order chi connectivity index (χ0) is 30.5. The van der Waals surface area contributed by atoms with Crippen LogP contribution in [0, 0.1) is 0 Å². The van der Waals surface area contributed by atoms with Crippen molar-refractivity contribution in [2.45, 2.75) is 112 Å². The van der Waals surface area contributed by atoms with E-state index in [1.54, 1.807) is 0 Å². The fraction of sp³-hybridized carbons (Fsp3) is 0.958. The predicted octanol–water partition coefficient (Wildman–Crippen LogP) is -3.35. The van der Waals surface area contributed by atoms with Crippen LogP contribution in [0.2, 0.25) is 0 Å². The number of hydrogen-bond donors (Lipinski definition) is 9. The molecule has 41 heavy (non-hydrogen) atoms. The fourth-order valence-electron chi connectivity index (χ4n) is 5.45. The number of nitrogens with one attached hydrogen (secondary N) is 2. The summed E-state index contributed by atoms with van der Waals surface area (Å²) in [6.07, 6.45) is -12.8. The molecule has 0 aromatic rings. The highest BCUT2D eigenvalue weighted by molar-refractivity contribution is 5.85. The number of aliphatic hydroxyl groups is 4. The third-order valence-corrected chi connectivity index (χ3v) is 7.71. The second kappa shape index (κ2) is 15.0. The largest absolute Gasteiger partial charge is 0.388 e. The minimum absolute atomic E-state index is 0.0948. The van der Waals surface area contributed by atoms with E-state index in [1.807, 2.05) is 0 Å². The Labute approximate surface area is 236 Å². The highest BCUT2D eigenvalue weighted by Crippen LogP contribution is 2.33. The quantitative estimate of drug-likeness (QED) is 0.0604. The molecule has 17 heteroatoms. The molecule has 2 aliphatic heterocycles. The molecule has 240 valence electrons. The Morgan fingerprint density at radius 1 is 1.12 bits per heavy atom. The summed E-state index contributed by atoms with van der Waals surface area (Å²) in [7, 11) is 1.52. The summed E-state index contributed by atoms with van der Waals surface area (Å²) in [6.45, 7) is 1.19. The number of ether oxygens (including phenoxy) is 4. The van der Waals surface area contributed by atoms with Crippen LogP contribution in [0.25, 0.3) is 0 Å². The average Bonchev–Trinajstić information content (AvgIpc) is 2.91. The number of amidine groups is 1. The minimum atomic E-state index is -3.21. The molecule has 14 nitrogen and oxygen atoms in total. The third-order valence-electron chi connectivity index (χ3n) is 7.71. The van der Waals surface area contributed by atoms with Gasteiger partial charge in [-0.05, 0) is 33.2 Å². The molecule has 0 aromatic carbocycles. The van der Waals surface area contributed by atoms with Gasteiger partial charge in [-0.1, -0.05) is 0 Å². The normalized spacial score (nSPS) is 43.3. The van der Waals surface area contributed by atoms with Gasteiger partial charge < -0.3 is 67.2 Å². The standard InChI is InChI=1S/C24H45F3N6O8/c1-24(37)9-38-23(15(35)19(24)31-2)41-18-13(33-21(30)16(36)20(26)27)7-12(29)17(14(18)34)40-22-11(28)4-3-10(39-22)8-32-6-5-25/h10-20,22-23,31-32,34-37H,3-9,28-29H2,1-2H3,(H2,30,33)/t10-,11+,12-,13+,14-,15+,16?,17+,18-,19+,22+,23+,24-/m0/s1. The van der Waals surface area contributed by atoms with Gasteiger partial charge in [0.1, 0.15) is 42.5 Å². The highest BCUT2D eigenvalue weighted by Gasteiger charge is 2.51. The van der Waals surface area contributed by atoms with E-state index >= 15 is 0 Å². The van der Waals surface area contributed by atoms with Crippen molar-refractivity contribution in [3.63, 3.8) is 0 Å². The lowest BCUT2D eigenvalue weighted by Crippen LogP contribution is -2.67. The van der Waals surface area contributed by atoms with Crippen molar-refractivity contribution >= 4 is 5.84 Å². The number of alkyl halides is 3. The van der Waals surface area contributed by atoms with Gasteiger partial charge in [0, 0.05) is 19.1 Å². The summed E-state index contributed by atoms with van der Waals surface area (Å²) in [6, 6.07) is -3.54. The Bertz CT molecular complexity index is 851. The predicted molar refractivity (Wildman–Crippen MR) is 140 cm³/mol. The molecule has 1 aliphatic carbocycles. The van der Waals surface area contributed by atoms with E-state index in [0.717, 1.165) is 0 Å². The maximum absolute atomic E-state index is 13.1. The van der Waals surface area contributed by atoms with Gasteiger partial charge in [0.25, 0.3) is 6.43 Å². The molecule has 3 aliphatic rings. The molecule has 3 rings (SSSR count). The summed E-state index contributed by atoms with van der Waals surface area (Å²) in [4.78, 5) is 3.99. The lowest BCUT2D eigenvalue weighted by atomic mass is 9.83. The fourth-order valence-corrected chi connectivity index (χ4v) is 5.45. The number of aliphatic imine (C=N–C) groups is 1. The van der Waals surface area contributed by atoms with Crippen LogP contribution < -0.4 is 27.8 Å². The van der Waals surface area contributed by atoms with Crippen LogP contribution in [0.4, 0.5) is 13.2 Å². The van der Waals surface area contributed by atoms with Crippen LogP contribution in [0.15, 0.2) is 4.99 Å². The molecular formula is C24H45F3N6O8. The molecule has 3 fully saturated rings. The smallest absolute Gasteiger partial charge is 0.271 e. The molecule has 1 unspecified atom stereocenters. The summed E-state index contributed by atoms with van der Waals surface area (Å²) in [5, 5.41) is 48.3. The molecule has 1 saturated carbocycles. The topological polar surface area (TPSA) is 232 Å². The van der Waals surface area contributed by atoms with E-state index in [-0.39, 0.29) is 25.7 Å². The van der Waals surface area contributed by atoms with E-state index in [1.165, 1.54) is 14.0 Å². The van der Waals surface area contributed by atoms with Crippen molar-refractivity contribution < 1.29 is 52.5 Å². The van der Waals surface area contributed by atoms with Gasteiger partial charge in [-0.3, -0.25) is 4.99 Å². The average molecular weight is 603 g/mol. The molecule has 13 atom stereocenters. The Balaban J connectivity index is 1.82. The van der Waals surface area contributed by atoms with Gasteiger partial charge in [0.2, 0.25) is 0 Å². The Kier molecular flexibility index (Phi) is 12.5. The molecular weight excluding hydrogens is 557 g/mol. The van der Waals surface area contributed by atoms with Crippen molar-refractivity contribution in [1.82, 2.24) is 10.6 Å². The number of rotatable bonds is 12. The molecule has 0 amide bonds. The molecule has 12 N–H and O–H groups in total. The maximum Gasteiger partial charge on any atom is 0.271 e. The maximum atomic E-state index is 13.1. The van der Waals surface area contributed by atoms with Crippen LogP contribution in [-0.4, -0.2) is 145 Å². The van der Waals surface area contributed by atoms with Crippen LogP contribution >= 0.6 is 0 Å². The number of likely N-dealkylation sites (N-methyl/N-ethyl adjacent to an activating group) is 1. The summed E-state index contributed by atoms with van der Waals surface area (Å²) in [5.74, 6) is -0.792. The monoisotopic (exact) mass is 602 g/mol. The van der Waals surface area contributed by atoms with Gasteiger partial charge in [0.15, 0.2) is 18.7 Å². The molecule has 0 spiro atoms. The zero-order valence-electron chi connectivity index (χ0n) is 23.2. The number of aliphatic hydroxyl groups excluding tert-OH is 3. The van der Waals surface area contributed by atoms with Crippen molar-refractivity contribution in [3.05, 3.63) is 0 Å². The van der Waals surface area contributed by atoms with E-state index in [4.69, 9.17) is 36.1 Å². The second-order valence-electron chi connectivity index (χ2n) is 11.0. The van der Waals surface area contributed by atoms with Gasteiger partial charge in [0.05, 0.1) is 30.8 Å². The number of nitrogens with zero attached hydrogens (tertiary/aromatic N) is 1.